The molecule has 0 saturated heterocycles. The zero-order chi connectivity index (χ0) is 44.3. The normalized spacial score (nSPS) is 11.6. The Morgan fingerprint density at radius 3 is 1.57 bits per heavy atom. The Labute approximate surface area is 393 Å². The highest BCUT2D eigenvalue weighted by atomic mass is 32.1. The van der Waals surface area contributed by atoms with E-state index in [9.17, 15) is 0 Å². The molecule has 0 bridgehead atoms. The maximum atomic E-state index is 2.44. The van der Waals surface area contributed by atoms with E-state index in [1.54, 1.807) is 0 Å². The Bertz CT molecular complexity index is 3910. The number of para-hydroxylation sites is 2. The summed E-state index contributed by atoms with van der Waals surface area (Å²) in [4.78, 5) is 2.44. The van der Waals surface area contributed by atoms with Crippen molar-refractivity contribution in [3.05, 3.63) is 255 Å². The van der Waals surface area contributed by atoms with E-state index in [1.807, 2.05) is 11.3 Å². The molecule has 0 fully saturated rings. The summed E-state index contributed by atoms with van der Waals surface area (Å²) < 4.78 is 5.03. The molecule has 2 nitrogen and oxygen atoms in total. The van der Waals surface area contributed by atoms with E-state index >= 15 is 0 Å². The third-order valence-corrected chi connectivity index (χ3v) is 14.6. The maximum absolute atomic E-state index is 2.44. The fourth-order valence-electron chi connectivity index (χ4n) is 10.2. The van der Waals surface area contributed by atoms with Crippen molar-refractivity contribution in [2.45, 2.75) is 0 Å². The molecule has 0 saturated carbocycles. The molecule has 0 N–H and O–H groups in total. The molecule has 2 heterocycles. The molecular formula is C64H42N2S. The van der Waals surface area contributed by atoms with Crippen LogP contribution in [0.3, 0.4) is 0 Å². The summed E-state index contributed by atoms with van der Waals surface area (Å²) in [5.74, 6) is 0. The van der Waals surface area contributed by atoms with Gasteiger partial charge in [-0.15, -0.1) is 11.3 Å². The Kier molecular flexibility index (Phi) is 9.40. The lowest BCUT2D eigenvalue weighted by atomic mass is 9.94. The molecule has 3 heteroatoms. The molecule has 0 radical (unpaired) electrons. The van der Waals surface area contributed by atoms with Crippen LogP contribution in [0.2, 0.25) is 0 Å². The van der Waals surface area contributed by atoms with Gasteiger partial charge >= 0.3 is 0 Å². The van der Waals surface area contributed by atoms with Crippen LogP contribution in [0.5, 0.6) is 0 Å². The first-order chi connectivity index (χ1) is 33.2. The van der Waals surface area contributed by atoms with Crippen molar-refractivity contribution in [1.29, 1.82) is 0 Å². The summed E-state index contributed by atoms with van der Waals surface area (Å²) in [6.07, 6.45) is 0. The molecular weight excluding hydrogens is 829 g/mol. The van der Waals surface area contributed by atoms with Gasteiger partial charge in [-0.05, 0) is 123 Å². The first-order valence-electron chi connectivity index (χ1n) is 22.9. The lowest BCUT2D eigenvalue weighted by molar-refractivity contribution is 1.18. The molecule has 0 aliphatic heterocycles. The smallest absolute Gasteiger partial charge is 0.0546 e. The van der Waals surface area contributed by atoms with Gasteiger partial charge in [0.05, 0.1) is 16.7 Å². The van der Waals surface area contributed by atoms with Gasteiger partial charge in [0.1, 0.15) is 0 Å². The average molecular weight is 871 g/mol. The largest absolute Gasteiger partial charge is 0.310 e. The number of hydrogen-bond acceptors (Lipinski definition) is 2. The molecule has 0 amide bonds. The van der Waals surface area contributed by atoms with E-state index < -0.39 is 0 Å². The number of rotatable bonds is 8. The first-order valence-corrected chi connectivity index (χ1v) is 23.7. The standard InChI is InChI=1S/C64H42N2S/c1-2-14-46(15-3-1)55-38-32-49(54-24-13-17-45-16-4-5-20-53(45)54)42-62(55)65(51-36-30-44(31-37-51)48-33-39-64-59(41-48)58-23-8-11-27-63(58)67-64)50-34-28-43(29-35-50)47-18-12-19-52(40-47)66-60-25-9-6-21-56(60)57-22-7-10-26-61(57)66/h1-42H. The molecule has 314 valence electrons. The zero-order valence-electron chi connectivity index (χ0n) is 36.6. The molecule has 0 atom stereocenters. The van der Waals surface area contributed by atoms with Crippen LogP contribution in [-0.2, 0) is 0 Å². The quantitative estimate of drug-likeness (QED) is 0.148. The molecule has 67 heavy (non-hydrogen) atoms. The van der Waals surface area contributed by atoms with E-state index in [-0.39, 0.29) is 0 Å². The van der Waals surface area contributed by atoms with Crippen molar-refractivity contribution in [3.63, 3.8) is 0 Å². The lowest BCUT2D eigenvalue weighted by Gasteiger charge is -2.29. The van der Waals surface area contributed by atoms with Gasteiger partial charge in [0.15, 0.2) is 0 Å². The number of benzene rings is 11. The molecule has 0 aliphatic carbocycles. The maximum Gasteiger partial charge on any atom is 0.0546 e. The molecule has 0 unspecified atom stereocenters. The first kappa shape index (κ1) is 38.9. The van der Waals surface area contributed by atoms with Crippen LogP contribution in [0.1, 0.15) is 0 Å². The monoisotopic (exact) mass is 870 g/mol. The zero-order valence-corrected chi connectivity index (χ0v) is 37.4. The van der Waals surface area contributed by atoms with E-state index in [0.717, 1.165) is 33.9 Å². The number of fused-ring (bicyclic) bond motifs is 7. The predicted molar refractivity (Wildman–Crippen MR) is 288 cm³/mol. The summed E-state index contributed by atoms with van der Waals surface area (Å²) in [5.41, 5.74) is 16.3. The van der Waals surface area contributed by atoms with E-state index in [0.29, 0.717) is 0 Å². The third-order valence-electron chi connectivity index (χ3n) is 13.4. The van der Waals surface area contributed by atoms with Crippen molar-refractivity contribution >= 4 is 81.1 Å². The van der Waals surface area contributed by atoms with E-state index in [1.165, 1.54) is 86.1 Å². The van der Waals surface area contributed by atoms with Crippen molar-refractivity contribution < 1.29 is 0 Å². The Morgan fingerprint density at radius 1 is 0.299 bits per heavy atom. The van der Waals surface area contributed by atoms with Gasteiger partial charge in [0.2, 0.25) is 0 Å². The van der Waals surface area contributed by atoms with Crippen molar-refractivity contribution in [2.24, 2.45) is 0 Å². The number of nitrogens with zero attached hydrogens (tertiary/aromatic N) is 2. The molecule has 11 aromatic carbocycles. The van der Waals surface area contributed by atoms with Crippen molar-refractivity contribution in [2.75, 3.05) is 4.90 Å². The third kappa shape index (κ3) is 6.79. The lowest BCUT2D eigenvalue weighted by Crippen LogP contribution is -2.11. The van der Waals surface area contributed by atoms with Crippen LogP contribution in [0.25, 0.3) is 103 Å². The second-order valence-electron chi connectivity index (χ2n) is 17.3. The number of hydrogen-bond donors (Lipinski definition) is 0. The molecule has 13 aromatic rings. The number of anilines is 3. The highest BCUT2D eigenvalue weighted by Crippen LogP contribution is 2.45. The summed E-state index contributed by atoms with van der Waals surface area (Å²) in [7, 11) is 0. The van der Waals surface area contributed by atoms with E-state index in [2.05, 4.69) is 264 Å². The Balaban J connectivity index is 0.957. The van der Waals surface area contributed by atoms with Crippen LogP contribution in [-0.4, -0.2) is 4.57 Å². The summed E-state index contributed by atoms with van der Waals surface area (Å²) >= 11 is 1.86. The minimum atomic E-state index is 1.08. The topological polar surface area (TPSA) is 8.17 Å². The van der Waals surface area contributed by atoms with Crippen LogP contribution in [0, 0.1) is 0 Å². The highest BCUT2D eigenvalue weighted by Gasteiger charge is 2.20. The van der Waals surface area contributed by atoms with Gasteiger partial charge in [-0.25, -0.2) is 0 Å². The van der Waals surface area contributed by atoms with Gasteiger partial charge in [-0.1, -0.05) is 182 Å². The van der Waals surface area contributed by atoms with Crippen LogP contribution >= 0.6 is 11.3 Å². The second kappa shape index (κ2) is 16.2. The van der Waals surface area contributed by atoms with Gasteiger partial charge < -0.3 is 9.47 Å². The minimum Gasteiger partial charge on any atom is -0.310 e. The van der Waals surface area contributed by atoms with Crippen LogP contribution in [0.4, 0.5) is 17.1 Å². The Morgan fingerprint density at radius 2 is 0.836 bits per heavy atom. The predicted octanol–water partition coefficient (Wildman–Crippen LogP) is 18.4. The summed E-state index contributed by atoms with van der Waals surface area (Å²) in [6.45, 7) is 0. The fourth-order valence-corrected chi connectivity index (χ4v) is 11.3. The second-order valence-corrected chi connectivity index (χ2v) is 18.4. The molecule has 0 spiro atoms. The minimum absolute atomic E-state index is 1.08. The number of thiophene rings is 1. The molecule has 2 aromatic heterocycles. The SMILES string of the molecule is c1ccc(-c2ccc(-c3cccc4ccccc34)cc2N(c2ccc(-c3cccc(-n4c5ccccc5c5ccccc54)c3)cc2)c2ccc(-c3ccc4sc5ccccc5c4c3)cc2)cc1. The molecule has 0 aliphatic rings. The highest BCUT2D eigenvalue weighted by molar-refractivity contribution is 7.25. The average Bonchev–Trinajstić information content (AvgIpc) is 3.95. The van der Waals surface area contributed by atoms with Crippen LogP contribution < -0.4 is 4.90 Å². The molecule has 13 rings (SSSR count). The van der Waals surface area contributed by atoms with Gasteiger partial charge in [0.25, 0.3) is 0 Å². The summed E-state index contributed by atoms with van der Waals surface area (Å²) in [5, 5.41) is 7.61. The van der Waals surface area contributed by atoms with Gasteiger partial charge in [0, 0.05) is 53.6 Å². The van der Waals surface area contributed by atoms with E-state index in [4.69, 9.17) is 0 Å². The van der Waals surface area contributed by atoms with Crippen molar-refractivity contribution in [3.8, 4) is 50.2 Å². The van der Waals surface area contributed by atoms with Gasteiger partial charge in [-0.3, -0.25) is 0 Å². The van der Waals surface area contributed by atoms with Crippen molar-refractivity contribution in [1.82, 2.24) is 4.57 Å². The number of aromatic nitrogens is 1. The fraction of sp³-hybridized carbons (Fsp3) is 0. The van der Waals surface area contributed by atoms with Crippen LogP contribution in [0.15, 0.2) is 255 Å². The van der Waals surface area contributed by atoms with Gasteiger partial charge in [-0.2, -0.15) is 0 Å². The Hall–Kier alpha value is -8.50. The summed E-state index contributed by atoms with van der Waals surface area (Å²) in [6, 6.07) is 93.3.